The number of hydrogen-bond donors (Lipinski definition) is 1. The van der Waals surface area contributed by atoms with Crippen LogP contribution in [0.1, 0.15) is 16.5 Å². The van der Waals surface area contributed by atoms with E-state index in [-0.39, 0.29) is 6.04 Å². The highest BCUT2D eigenvalue weighted by Gasteiger charge is 2.18. The van der Waals surface area contributed by atoms with Crippen molar-refractivity contribution in [3.63, 3.8) is 0 Å². The molecule has 0 radical (unpaired) electrons. The summed E-state index contributed by atoms with van der Waals surface area (Å²) in [5.41, 5.74) is 1.21. The minimum Gasteiger partial charge on any atom is -0.497 e. The zero-order valence-electron chi connectivity index (χ0n) is 11.8. The zero-order valence-corrected chi connectivity index (χ0v) is 14.2. The normalized spacial score (nSPS) is 12.2. The minimum atomic E-state index is 0.216. The molecule has 1 heterocycles. The molecule has 0 amide bonds. The van der Waals surface area contributed by atoms with Gasteiger partial charge in [-0.3, -0.25) is 0 Å². The molecule has 0 aliphatic heterocycles. The Kier molecular flexibility index (Phi) is 5.46. The summed E-state index contributed by atoms with van der Waals surface area (Å²) in [7, 11) is 5.36. The molecule has 3 nitrogen and oxygen atoms in total. The Morgan fingerprint density at radius 3 is 2.70 bits per heavy atom. The average molecular weight is 356 g/mol. The van der Waals surface area contributed by atoms with Crippen LogP contribution in [0.15, 0.2) is 34.1 Å². The molecule has 20 heavy (non-hydrogen) atoms. The lowest BCUT2D eigenvalue weighted by Gasteiger charge is -2.17. The van der Waals surface area contributed by atoms with Crippen molar-refractivity contribution in [2.45, 2.75) is 12.5 Å². The number of rotatable bonds is 6. The molecule has 0 aliphatic carbocycles. The van der Waals surface area contributed by atoms with Gasteiger partial charge in [0.15, 0.2) is 0 Å². The van der Waals surface area contributed by atoms with Crippen molar-refractivity contribution in [3.8, 4) is 11.5 Å². The van der Waals surface area contributed by atoms with Crippen LogP contribution in [0.25, 0.3) is 0 Å². The monoisotopic (exact) mass is 355 g/mol. The average Bonchev–Trinajstić information content (AvgIpc) is 2.94. The molecule has 1 atom stereocenters. The Balaban J connectivity index is 2.26. The van der Waals surface area contributed by atoms with Gasteiger partial charge in [-0.15, -0.1) is 11.3 Å². The lowest BCUT2D eigenvalue weighted by Crippen LogP contribution is -2.18. The molecule has 2 aromatic rings. The van der Waals surface area contributed by atoms with Gasteiger partial charge in [-0.05, 0) is 48.7 Å². The second kappa shape index (κ2) is 7.11. The predicted octanol–water partition coefficient (Wildman–Crippen LogP) is 4.03. The first-order chi connectivity index (χ1) is 9.69. The van der Waals surface area contributed by atoms with E-state index in [0.29, 0.717) is 0 Å². The molecule has 1 N–H and O–H groups in total. The first-order valence-corrected chi connectivity index (χ1v) is 7.98. The summed E-state index contributed by atoms with van der Waals surface area (Å²) >= 11 is 5.31. The third kappa shape index (κ3) is 3.34. The summed E-state index contributed by atoms with van der Waals surface area (Å²) in [6.45, 7) is 0. The molecule has 0 aliphatic rings. The number of ether oxygens (including phenoxy) is 2. The maximum absolute atomic E-state index is 5.41. The highest BCUT2D eigenvalue weighted by atomic mass is 79.9. The fourth-order valence-corrected chi connectivity index (χ4v) is 3.49. The van der Waals surface area contributed by atoms with Gasteiger partial charge in [-0.25, -0.2) is 0 Å². The lowest BCUT2D eigenvalue weighted by molar-refractivity contribution is 0.404. The Bertz CT molecular complexity index is 571. The minimum absolute atomic E-state index is 0.216. The topological polar surface area (TPSA) is 30.5 Å². The molecule has 1 aromatic carbocycles. The van der Waals surface area contributed by atoms with E-state index in [2.05, 4.69) is 32.7 Å². The van der Waals surface area contributed by atoms with E-state index < -0.39 is 0 Å². The maximum Gasteiger partial charge on any atom is 0.134 e. The van der Waals surface area contributed by atoms with E-state index in [1.165, 1.54) is 10.4 Å². The standard InChI is InChI=1S/C15H18BrNO2S/c1-17-13(15-14(19-3)6-7-20-15)9-10-8-11(18-2)4-5-12(10)16/h4-8,13,17H,9H2,1-3H3. The molecule has 2 rings (SSSR count). The second-order valence-electron chi connectivity index (χ2n) is 4.36. The van der Waals surface area contributed by atoms with Gasteiger partial charge in [0.1, 0.15) is 11.5 Å². The van der Waals surface area contributed by atoms with Gasteiger partial charge < -0.3 is 14.8 Å². The number of hydrogen-bond acceptors (Lipinski definition) is 4. The summed E-state index contributed by atoms with van der Waals surface area (Å²) in [4.78, 5) is 1.21. The van der Waals surface area contributed by atoms with E-state index in [1.807, 2.05) is 25.2 Å². The molecule has 0 fully saturated rings. The van der Waals surface area contributed by atoms with Crippen molar-refractivity contribution in [1.82, 2.24) is 5.32 Å². The highest BCUT2D eigenvalue weighted by molar-refractivity contribution is 9.10. The van der Waals surface area contributed by atoms with Crippen LogP contribution in [0.2, 0.25) is 0 Å². The number of benzene rings is 1. The number of methoxy groups -OCH3 is 2. The molecular formula is C15H18BrNO2S. The van der Waals surface area contributed by atoms with E-state index in [0.717, 1.165) is 22.4 Å². The van der Waals surface area contributed by atoms with Crippen LogP contribution < -0.4 is 14.8 Å². The van der Waals surface area contributed by atoms with Crippen LogP contribution in [-0.4, -0.2) is 21.3 Å². The first kappa shape index (κ1) is 15.4. The van der Waals surface area contributed by atoms with E-state index in [4.69, 9.17) is 9.47 Å². The molecule has 1 unspecified atom stereocenters. The second-order valence-corrected chi connectivity index (χ2v) is 6.16. The molecule has 108 valence electrons. The van der Waals surface area contributed by atoms with E-state index in [9.17, 15) is 0 Å². The number of halogens is 1. The number of thiophene rings is 1. The van der Waals surface area contributed by atoms with Gasteiger partial charge in [0.25, 0.3) is 0 Å². The number of likely N-dealkylation sites (N-methyl/N-ethyl adjacent to an activating group) is 1. The van der Waals surface area contributed by atoms with Gasteiger partial charge in [0.2, 0.25) is 0 Å². The van der Waals surface area contributed by atoms with Crippen molar-refractivity contribution in [2.75, 3.05) is 21.3 Å². The Labute approximate surface area is 132 Å². The molecule has 0 bridgehead atoms. The highest BCUT2D eigenvalue weighted by Crippen LogP contribution is 2.34. The van der Waals surface area contributed by atoms with Crippen LogP contribution in [0.3, 0.4) is 0 Å². The van der Waals surface area contributed by atoms with Crippen LogP contribution in [-0.2, 0) is 6.42 Å². The fourth-order valence-electron chi connectivity index (χ4n) is 2.11. The SMILES string of the molecule is CNC(Cc1cc(OC)ccc1Br)c1sccc1OC. The summed E-state index contributed by atoms with van der Waals surface area (Å²) < 4.78 is 11.8. The summed E-state index contributed by atoms with van der Waals surface area (Å²) in [6, 6.07) is 8.26. The molecule has 0 saturated carbocycles. The molecule has 1 aromatic heterocycles. The third-order valence-electron chi connectivity index (χ3n) is 3.22. The van der Waals surface area contributed by atoms with Crippen LogP contribution >= 0.6 is 27.3 Å². The van der Waals surface area contributed by atoms with Crippen molar-refractivity contribution >= 4 is 27.3 Å². The lowest BCUT2D eigenvalue weighted by atomic mass is 10.0. The van der Waals surface area contributed by atoms with Gasteiger partial charge in [-0.2, -0.15) is 0 Å². The predicted molar refractivity (Wildman–Crippen MR) is 87.1 cm³/mol. The van der Waals surface area contributed by atoms with Gasteiger partial charge in [-0.1, -0.05) is 15.9 Å². The van der Waals surface area contributed by atoms with E-state index >= 15 is 0 Å². The maximum atomic E-state index is 5.41. The van der Waals surface area contributed by atoms with E-state index in [1.54, 1.807) is 25.6 Å². The summed E-state index contributed by atoms with van der Waals surface area (Å²) in [6.07, 6.45) is 0.866. The Morgan fingerprint density at radius 2 is 2.05 bits per heavy atom. The zero-order chi connectivity index (χ0) is 14.5. The number of nitrogens with one attached hydrogen (secondary N) is 1. The van der Waals surface area contributed by atoms with Crippen molar-refractivity contribution in [2.24, 2.45) is 0 Å². The van der Waals surface area contributed by atoms with Gasteiger partial charge in [0.05, 0.1) is 19.1 Å². The van der Waals surface area contributed by atoms with Crippen molar-refractivity contribution in [1.29, 1.82) is 0 Å². The first-order valence-electron chi connectivity index (χ1n) is 6.30. The van der Waals surface area contributed by atoms with Gasteiger partial charge in [0, 0.05) is 10.5 Å². The van der Waals surface area contributed by atoms with Crippen molar-refractivity contribution in [3.05, 3.63) is 44.6 Å². The quantitative estimate of drug-likeness (QED) is 0.848. The largest absolute Gasteiger partial charge is 0.497 e. The smallest absolute Gasteiger partial charge is 0.134 e. The van der Waals surface area contributed by atoms with Gasteiger partial charge >= 0.3 is 0 Å². The third-order valence-corrected chi connectivity index (χ3v) is 5.00. The van der Waals surface area contributed by atoms with Crippen LogP contribution in [0.4, 0.5) is 0 Å². The Hall–Kier alpha value is -1.04. The Morgan fingerprint density at radius 1 is 1.25 bits per heavy atom. The van der Waals surface area contributed by atoms with Crippen LogP contribution in [0, 0.1) is 0 Å². The molecular weight excluding hydrogens is 338 g/mol. The molecule has 0 spiro atoms. The van der Waals surface area contributed by atoms with Crippen molar-refractivity contribution < 1.29 is 9.47 Å². The summed E-state index contributed by atoms with van der Waals surface area (Å²) in [5.74, 6) is 1.81. The van der Waals surface area contributed by atoms with Crippen LogP contribution in [0.5, 0.6) is 11.5 Å². The fraction of sp³-hybridized carbons (Fsp3) is 0.333. The molecule has 0 saturated heterocycles. The molecule has 5 heteroatoms. The summed E-state index contributed by atoms with van der Waals surface area (Å²) in [5, 5.41) is 5.42.